The van der Waals surface area contributed by atoms with Crippen molar-refractivity contribution in [1.82, 2.24) is 0 Å². The molecule has 0 fully saturated rings. The maximum atomic E-state index is 9.90. The summed E-state index contributed by atoms with van der Waals surface area (Å²) in [5, 5.41) is 18.2. The fraction of sp³-hybridized carbons (Fsp3) is 0.222. The number of aromatic hydroxyl groups is 2. The molecule has 12 heavy (non-hydrogen) atoms. The highest BCUT2D eigenvalue weighted by Gasteiger charge is 2.00. The normalized spacial score (nSPS) is 9.67. The monoisotopic (exact) mass is 165 g/mol. The summed E-state index contributed by atoms with van der Waals surface area (Å²) >= 11 is 0. The lowest BCUT2D eigenvalue weighted by molar-refractivity contribution is 0.446. The number of hydrogen-bond acceptors (Lipinski definition) is 3. The van der Waals surface area contributed by atoms with Gasteiger partial charge in [-0.15, -0.1) is 0 Å². The summed E-state index contributed by atoms with van der Waals surface area (Å²) in [5.74, 6) is 0.0385. The first-order valence-corrected chi connectivity index (χ1v) is 3.60. The van der Waals surface area contributed by atoms with Crippen molar-refractivity contribution in [3.63, 3.8) is 0 Å². The summed E-state index contributed by atoms with van der Waals surface area (Å²) < 4.78 is 0. The molecule has 1 aromatic rings. The standard InChI is InChI=1S/C9H9O3/c10-5-1-2-7-3-4-8(11)6-9(7)12/h3-4,6,11-12H,1-2H2. The molecule has 0 atom stereocenters. The minimum Gasteiger partial charge on any atom is -0.508 e. The first-order valence-electron chi connectivity index (χ1n) is 3.60. The van der Waals surface area contributed by atoms with Crippen LogP contribution in [0.4, 0.5) is 0 Å². The Morgan fingerprint density at radius 1 is 1.33 bits per heavy atom. The molecule has 0 aliphatic carbocycles. The number of rotatable bonds is 3. The fourth-order valence-corrected chi connectivity index (χ4v) is 0.949. The van der Waals surface area contributed by atoms with Crippen LogP contribution in [0.3, 0.4) is 0 Å². The van der Waals surface area contributed by atoms with E-state index in [4.69, 9.17) is 5.11 Å². The van der Waals surface area contributed by atoms with Crippen molar-refractivity contribution in [3.8, 4) is 11.5 Å². The molecule has 3 nitrogen and oxygen atoms in total. The maximum absolute atomic E-state index is 9.90. The van der Waals surface area contributed by atoms with Crippen LogP contribution in [-0.2, 0) is 11.2 Å². The molecule has 1 radical (unpaired) electrons. The van der Waals surface area contributed by atoms with Gasteiger partial charge in [0.15, 0.2) is 6.29 Å². The van der Waals surface area contributed by atoms with E-state index in [2.05, 4.69) is 0 Å². The van der Waals surface area contributed by atoms with E-state index in [0.717, 1.165) is 0 Å². The molecule has 0 aliphatic rings. The molecule has 0 aliphatic heterocycles. The second kappa shape index (κ2) is 3.76. The summed E-state index contributed by atoms with van der Waals surface area (Å²) in [6.07, 6.45) is 2.45. The SMILES string of the molecule is O=[C]CCc1ccc(O)cc1O. The number of carbonyl (C=O) groups excluding carboxylic acids is 1. The highest BCUT2D eigenvalue weighted by molar-refractivity contribution is 5.52. The minimum atomic E-state index is 0.0188. The van der Waals surface area contributed by atoms with Gasteiger partial charge in [0, 0.05) is 12.5 Å². The fourth-order valence-electron chi connectivity index (χ4n) is 0.949. The highest BCUT2D eigenvalue weighted by atomic mass is 16.3. The molecule has 1 aromatic carbocycles. The second-order valence-electron chi connectivity index (χ2n) is 2.46. The quantitative estimate of drug-likeness (QED) is 0.706. The van der Waals surface area contributed by atoms with E-state index < -0.39 is 0 Å². The van der Waals surface area contributed by atoms with Crippen LogP contribution in [0, 0.1) is 0 Å². The first-order chi connectivity index (χ1) is 5.74. The molecule has 0 amide bonds. The summed E-state index contributed by atoms with van der Waals surface area (Å²) in [6.45, 7) is 0. The van der Waals surface area contributed by atoms with Gasteiger partial charge in [-0.25, -0.2) is 0 Å². The number of hydrogen-bond donors (Lipinski definition) is 2. The van der Waals surface area contributed by atoms with Gasteiger partial charge in [0.1, 0.15) is 11.5 Å². The summed E-state index contributed by atoms with van der Waals surface area (Å²) in [4.78, 5) is 9.90. The van der Waals surface area contributed by atoms with E-state index >= 15 is 0 Å². The molecule has 63 valence electrons. The molecular weight excluding hydrogens is 156 g/mol. The van der Waals surface area contributed by atoms with E-state index in [-0.39, 0.29) is 17.9 Å². The zero-order valence-electron chi connectivity index (χ0n) is 6.45. The van der Waals surface area contributed by atoms with Crippen LogP contribution in [0.15, 0.2) is 18.2 Å². The third-order valence-electron chi connectivity index (χ3n) is 1.57. The van der Waals surface area contributed by atoms with Gasteiger partial charge in [-0.3, -0.25) is 4.79 Å². The Labute approximate surface area is 70.3 Å². The highest BCUT2D eigenvalue weighted by Crippen LogP contribution is 2.23. The topological polar surface area (TPSA) is 57.5 Å². The molecule has 0 unspecified atom stereocenters. The van der Waals surface area contributed by atoms with Gasteiger partial charge < -0.3 is 10.2 Å². The van der Waals surface area contributed by atoms with Gasteiger partial charge in [0.05, 0.1) is 0 Å². The second-order valence-corrected chi connectivity index (χ2v) is 2.46. The Morgan fingerprint density at radius 2 is 2.08 bits per heavy atom. The Bertz CT molecular complexity index is 281. The van der Waals surface area contributed by atoms with E-state index in [9.17, 15) is 9.90 Å². The Hall–Kier alpha value is -1.51. The zero-order chi connectivity index (χ0) is 8.97. The summed E-state index contributed by atoms with van der Waals surface area (Å²) in [6, 6.07) is 4.31. The van der Waals surface area contributed by atoms with E-state index in [1.807, 2.05) is 0 Å². The van der Waals surface area contributed by atoms with E-state index in [0.29, 0.717) is 12.0 Å². The minimum absolute atomic E-state index is 0.0188. The van der Waals surface area contributed by atoms with Gasteiger partial charge in [0.25, 0.3) is 0 Å². The predicted molar refractivity (Wildman–Crippen MR) is 43.8 cm³/mol. The molecule has 3 heteroatoms. The number of phenols is 2. The van der Waals surface area contributed by atoms with Crippen LogP contribution in [-0.4, -0.2) is 16.5 Å². The smallest absolute Gasteiger partial charge is 0.198 e. The number of phenolic OH excluding ortho intramolecular Hbond substituents is 2. The molecule has 0 bridgehead atoms. The lowest BCUT2D eigenvalue weighted by Crippen LogP contribution is -1.86. The van der Waals surface area contributed by atoms with Crippen molar-refractivity contribution in [1.29, 1.82) is 0 Å². The molecule has 2 N–H and O–H groups in total. The van der Waals surface area contributed by atoms with Crippen molar-refractivity contribution in [2.75, 3.05) is 0 Å². The Kier molecular flexibility index (Phi) is 2.69. The van der Waals surface area contributed by atoms with E-state index in [1.165, 1.54) is 12.1 Å². The first kappa shape index (κ1) is 8.59. The van der Waals surface area contributed by atoms with Gasteiger partial charge in [-0.05, 0) is 18.1 Å². The number of benzene rings is 1. The largest absolute Gasteiger partial charge is 0.508 e. The molecule has 0 spiro atoms. The van der Waals surface area contributed by atoms with Crippen LogP contribution < -0.4 is 0 Å². The van der Waals surface area contributed by atoms with Crippen molar-refractivity contribution in [2.24, 2.45) is 0 Å². The third-order valence-corrected chi connectivity index (χ3v) is 1.57. The molecule has 0 aromatic heterocycles. The van der Waals surface area contributed by atoms with Gasteiger partial charge in [-0.1, -0.05) is 6.07 Å². The van der Waals surface area contributed by atoms with Crippen molar-refractivity contribution in [2.45, 2.75) is 12.8 Å². The predicted octanol–water partition coefficient (Wildman–Crippen LogP) is 1.14. The van der Waals surface area contributed by atoms with Crippen molar-refractivity contribution in [3.05, 3.63) is 23.8 Å². The zero-order valence-corrected chi connectivity index (χ0v) is 6.45. The van der Waals surface area contributed by atoms with Crippen molar-refractivity contribution < 1.29 is 15.0 Å². The van der Waals surface area contributed by atoms with Crippen molar-refractivity contribution >= 4 is 6.29 Å². The molecule has 0 saturated carbocycles. The number of aryl methyl sites for hydroxylation is 1. The molecule has 0 heterocycles. The Balaban J connectivity index is 2.78. The summed E-state index contributed by atoms with van der Waals surface area (Å²) in [5.41, 5.74) is 0.649. The van der Waals surface area contributed by atoms with Crippen LogP contribution in [0.2, 0.25) is 0 Å². The van der Waals surface area contributed by atoms with Crippen LogP contribution in [0.1, 0.15) is 12.0 Å². The van der Waals surface area contributed by atoms with Gasteiger partial charge >= 0.3 is 0 Å². The van der Waals surface area contributed by atoms with E-state index in [1.54, 1.807) is 12.4 Å². The average molecular weight is 165 g/mol. The maximum Gasteiger partial charge on any atom is 0.198 e. The molecule has 0 saturated heterocycles. The average Bonchev–Trinajstić information content (AvgIpc) is 2.03. The van der Waals surface area contributed by atoms with Gasteiger partial charge in [-0.2, -0.15) is 0 Å². The molecule has 1 rings (SSSR count). The molecular formula is C9H9O3. The summed E-state index contributed by atoms with van der Waals surface area (Å²) in [7, 11) is 0. The van der Waals surface area contributed by atoms with Gasteiger partial charge in [0.2, 0.25) is 0 Å². The van der Waals surface area contributed by atoms with Crippen LogP contribution >= 0.6 is 0 Å². The Morgan fingerprint density at radius 3 is 2.67 bits per heavy atom. The van der Waals surface area contributed by atoms with Crippen LogP contribution in [0.5, 0.6) is 11.5 Å². The lowest BCUT2D eigenvalue weighted by atomic mass is 10.1. The van der Waals surface area contributed by atoms with Crippen LogP contribution in [0.25, 0.3) is 0 Å². The lowest BCUT2D eigenvalue weighted by Gasteiger charge is -2.01. The third kappa shape index (κ3) is 1.99.